The van der Waals surface area contributed by atoms with Crippen LogP contribution in [0.1, 0.15) is 33.4 Å². The molecule has 0 saturated carbocycles. The van der Waals surface area contributed by atoms with Crippen molar-refractivity contribution < 1.29 is 9.47 Å². The number of ether oxygens (including phenoxy) is 2. The van der Waals surface area contributed by atoms with E-state index in [1.165, 1.54) is 33.4 Å². The molecule has 3 nitrogen and oxygen atoms in total. The zero-order chi connectivity index (χ0) is 15.8. The maximum atomic E-state index is 5.73. The van der Waals surface area contributed by atoms with Crippen LogP contribution >= 0.6 is 0 Å². The Morgan fingerprint density at radius 1 is 0.714 bits per heavy atom. The summed E-state index contributed by atoms with van der Waals surface area (Å²) in [6, 6.07) is 0. The summed E-state index contributed by atoms with van der Waals surface area (Å²) in [5, 5.41) is 3.28. The first kappa shape index (κ1) is 18.1. The summed E-state index contributed by atoms with van der Waals surface area (Å²) in [6.07, 6.45) is 0.998. The summed E-state index contributed by atoms with van der Waals surface area (Å²) in [4.78, 5) is 0. The first-order valence-electron chi connectivity index (χ1n) is 7.83. The molecule has 0 saturated heterocycles. The monoisotopic (exact) mass is 293 g/mol. The van der Waals surface area contributed by atoms with Gasteiger partial charge in [-0.05, 0) is 74.4 Å². The lowest BCUT2D eigenvalue weighted by molar-refractivity contribution is 0.135. The average molecular weight is 293 g/mol. The Morgan fingerprint density at radius 2 is 1.24 bits per heavy atom. The Hall–Kier alpha value is -0.900. The molecule has 1 rings (SSSR count). The summed E-state index contributed by atoms with van der Waals surface area (Å²) in [5.41, 5.74) is 8.60. The summed E-state index contributed by atoms with van der Waals surface area (Å²) >= 11 is 0. The normalized spacial score (nSPS) is 11.1. The minimum Gasteiger partial charge on any atom is -0.383 e. The lowest BCUT2D eigenvalue weighted by atomic mass is 9.88. The molecule has 0 aliphatic carbocycles. The molecule has 1 aromatic carbocycles. The van der Waals surface area contributed by atoms with Crippen LogP contribution in [0.25, 0.3) is 0 Å². The second-order valence-electron chi connectivity index (χ2n) is 5.71. The second-order valence-corrected chi connectivity index (χ2v) is 5.71. The van der Waals surface area contributed by atoms with Crippen LogP contribution in [0.15, 0.2) is 0 Å². The molecular weight excluding hydrogens is 262 g/mol. The molecule has 0 heterocycles. The zero-order valence-corrected chi connectivity index (χ0v) is 14.6. The third-order valence-electron chi connectivity index (χ3n) is 4.56. The zero-order valence-electron chi connectivity index (χ0n) is 14.6. The molecule has 0 bridgehead atoms. The van der Waals surface area contributed by atoms with E-state index in [0.717, 1.165) is 39.3 Å². The Balaban J connectivity index is 2.43. The third kappa shape index (κ3) is 5.10. The van der Waals surface area contributed by atoms with E-state index in [-0.39, 0.29) is 0 Å². The molecule has 0 fully saturated rings. The van der Waals surface area contributed by atoms with E-state index in [2.05, 4.69) is 39.9 Å². The van der Waals surface area contributed by atoms with Gasteiger partial charge in [0.2, 0.25) is 0 Å². The summed E-state index contributed by atoms with van der Waals surface area (Å²) in [5.74, 6) is 0. The maximum absolute atomic E-state index is 5.73. The first-order valence-corrected chi connectivity index (χ1v) is 7.83. The van der Waals surface area contributed by atoms with Gasteiger partial charge in [-0.1, -0.05) is 0 Å². The molecule has 0 radical (unpaired) electrons. The first-order chi connectivity index (χ1) is 10.0. The Kier molecular flexibility index (Phi) is 7.94. The molecule has 0 aromatic heterocycles. The summed E-state index contributed by atoms with van der Waals surface area (Å²) in [7, 11) is 1.72. The van der Waals surface area contributed by atoms with Crippen molar-refractivity contribution >= 4 is 0 Å². The number of hydrogen-bond donors (Lipinski definition) is 1. The molecule has 0 aliphatic rings. The second kappa shape index (κ2) is 9.19. The predicted molar refractivity (Wildman–Crippen MR) is 89.4 cm³/mol. The van der Waals surface area contributed by atoms with Gasteiger partial charge >= 0.3 is 0 Å². The van der Waals surface area contributed by atoms with Crippen LogP contribution in [0.3, 0.4) is 0 Å². The topological polar surface area (TPSA) is 30.5 Å². The number of benzene rings is 1. The Bertz CT molecular complexity index is 426. The van der Waals surface area contributed by atoms with Crippen LogP contribution < -0.4 is 5.32 Å². The van der Waals surface area contributed by atoms with Gasteiger partial charge in [-0.3, -0.25) is 0 Å². The molecule has 0 amide bonds. The fraction of sp³-hybridized carbons (Fsp3) is 0.667. The predicted octanol–water partition coefficient (Wildman–Crippen LogP) is 3.02. The van der Waals surface area contributed by atoms with Crippen molar-refractivity contribution in [1.82, 2.24) is 5.32 Å². The van der Waals surface area contributed by atoms with Gasteiger partial charge < -0.3 is 14.8 Å². The highest BCUT2D eigenvalue weighted by atomic mass is 16.5. The van der Waals surface area contributed by atoms with Gasteiger partial charge in [-0.25, -0.2) is 0 Å². The van der Waals surface area contributed by atoms with E-state index in [4.69, 9.17) is 9.47 Å². The standard InChI is InChI=1S/C18H31NO2/c1-13-14(2)16(4)18(17(5)15(13)3)7-10-21-12-9-19-8-11-20-6/h19H,7-12H2,1-6H3. The summed E-state index contributed by atoms with van der Waals surface area (Å²) in [6.45, 7) is 15.2. The lowest BCUT2D eigenvalue weighted by Crippen LogP contribution is -2.24. The van der Waals surface area contributed by atoms with Crippen molar-refractivity contribution in [2.24, 2.45) is 0 Å². The molecule has 21 heavy (non-hydrogen) atoms. The minimum absolute atomic E-state index is 0.750. The van der Waals surface area contributed by atoms with Gasteiger partial charge in [0.25, 0.3) is 0 Å². The molecule has 1 aromatic rings. The van der Waals surface area contributed by atoms with Crippen molar-refractivity contribution in [3.63, 3.8) is 0 Å². The SMILES string of the molecule is COCCNCCOCCc1c(C)c(C)c(C)c(C)c1C. The van der Waals surface area contributed by atoms with Crippen molar-refractivity contribution in [3.8, 4) is 0 Å². The minimum atomic E-state index is 0.750. The lowest BCUT2D eigenvalue weighted by Gasteiger charge is -2.18. The fourth-order valence-corrected chi connectivity index (χ4v) is 2.67. The highest BCUT2D eigenvalue weighted by Gasteiger charge is 2.11. The largest absolute Gasteiger partial charge is 0.383 e. The van der Waals surface area contributed by atoms with Crippen molar-refractivity contribution in [1.29, 1.82) is 0 Å². The smallest absolute Gasteiger partial charge is 0.0591 e. The number of nitrogens with one attached hydrogen (secondary N) is 1. The molecule has 0 atom stereocenters. The van der Waals surface area contributed by atoms with E-state index < -0.39 is 0 Å². The van der Waals surface area contributed by atoms with Crippen molar-refractivity contribution in [3.05, 3.63) is 33.4 Å². The number of hydrogen-bond acceptors (Lipinski definition) is 3. The van der Waals surface area contributed by atoms with E-state index >= 15 is 0 Å². The van der Waals surface area contributed by atoms with Gasteiger partial charge in [-0.15, -0.1) is 0 Å². The van der Waals surface area contributed by atoms with Crippen LogP contribution in [0.5, 0.6) is 0 Å². The number of rotatable bonds is 9. The van der Waals surface area contributed by atoms with E-state index in [1.807, 2.05) is 0 Å². The molecule has 0 spiro atoms. The van der Waals surface area contributed by atoms with E-state index in [1.54, 1.807) is 7.11 Å². The molecule has 0 unspecified atom stereocenters. The highest BCUT2D eigenvalue weighted by molar-refractivity contribution is 5.49. The van der Waals surface area contributed by atoms with Gasteiger partial charge in [0, 0.05) is 20.2 Å². The third-order valence-corrected chi connectivity index (χ3v) is 4.56. The number of methoxy groups -OCH3 is 1. The fourth-order valence-electron chi connectivity index (χ4n) is 2.67. The Labute approximate surface area is 130 Å². The molecular formula is C18H31NO2. The van der Waals surface area contributed by atoms with Crippen molar-refractivity contribution in [2.75, 3.05) is 40.0 Å². The maximum Gasteiger partial charge on any atom is 0.0591 e. The molecule has 1 N–H and O–H groups in total. The molecule has 120 valence electrons. The van der Waals surface area contributed by atoms with Crippen LogP contribution in [-0.2, 0) is 15.9 Å². The van der Waals surface area contributed by atoms with Crippen LogP contribution in [0.2, 0.25) is 0 Å². The van der Waals surface area contributed by atoms with Crippen LogP contribution in [0, 0.1) is 34.6 Å². The van der Waals surface area contributed by atoms with Crippen LogP contribution in [0.4, 0.5) is 0 Å². The van der Waals surface area contributed by atoms with E-state index in [0.29, 0.717) is 0 Å². The summed E-state index contributed by atoms with van der Waals surface area (Å²) < 4.78 is 10.7. The van der Waals surface area contributed by atoms with Crippen LogP contribution in [-0.4, -0.2) is 40.0 Å². The highest BCUT2D eigenvalue weighted by Crippen LogP contribution is 2.26. The van der Waals surface area contributed by atoms with Gasteiger partial charge in [0.15, 0.2) is 0 Å². The molecule has 0 aliphatic heterocycles. The average Bonchev–Trinajstić information content (AvgIpc) is 2.49. The van der Waals surface area contributed by atoms with Gasteiger partial charge in [0.05, 0.1) is 19.8 Å². The van der Waals surface area contributed by atoms with Gasteiger partial charge in [-0.2, -0.15) is 0 Å². The Morgan fingerprint density at radius 3 is 1.81 bits per heavy atom. The van der Waals surface area contributed by atoms with Gasteiger partial charge in [0.1, 0.15) is 0 Å². The van der Waals surface area contributed by atoms with E-state index in [9.17, 15) is 0 Å². The molecule has 3 heteroatoms. The quantitative estimate of drug-likeness (QED) is 0.710. The van der Waals surface area contributed by atoms with Crippen molar-refractivity contribution in [2.45, 2.75) is 41.0 Å².